The number of hydrogen-bond donors (Lipinski definition) is 3. The van der Waals surface area contributed by atoms with Gasteiger partial charge in [-0.1, -0.05) is 25.7 Å². The quantitative estimate of drug-likeness (QED) is 0.286. The standard InChI is InChI=1S/C12H27O2PS2/c13-15(14,9-5-1-3-7-11-16)10-6-2-4-8-12-17/h16-17H,1-12H2,(H,13,14). The third kappa shape index (κ3) is 13.1. The molecule has 0 saturated carbocycles. The minimum Gasteiger partial charge on any atom is -0.344 e. The van der Waals surface area contributed by atoms with Crippen molar-refractivity contribution in [1.82, 2.24) is 0 Å². The molecule has 1 N–H and O–H groups in total. The summed E-state index contributed by atoms with van der Waals surface area (Å²) in [6, 6.07) is 0. The Hall–Kier alpha value is 0.890. The number of unbranched alkanes of at least 4 members (excludes halogenated alkanes) is 6. The van der Waals surface area contributed by atoms with Crippen molar-refractivity contribution in [3.05, 3.63) is 0 Å². The van der Waals surface area contributed by atoms with Crippen molar-refractivity contribution in [3.8, 4) is 0 Å². The zero-order valence-electron chi connectivity index (χ0n) is 10.7. The summed E-state index contributed by atoms with van der Waals surface area (Å²) in [7, 11) is -2.83. The van der Waals surface area contributed by atoms with Crippen LogP contribution in [-0.4, -0.2) is 28.7 Å². The van der Waals surface area contributed by atoms with Crippen LogP contribution in [0.5, 0.6) is 0 Å². The minimum atomic E-state index is -2.83. The lowest BCUT2D eigenvalue weighted by molar-refractivity contribution is 0.470. The Kier molecular flexibility index (Phi) is 12.6. The Balaban J connectivity index is 3.42. The molecule has 0 aromatic heterocycles. The highest BCUT2D eigenvalue weighted by atomic mass is 32.1. The van der Waals surface area contributed by atoms with E-state index in [1.165, 1.54) is 0 Å². The second-order valence-corrected chi connectivity index (χ2v) is 8.05. The van der Waals surface area contributed by atoms with Crippen molar-refractivity contribution < 1.29 is 9.46 Å². The zero-order valence-corrected chi connectivity index (χ0v) is 13.4. The van der Waals surface area contributed by atoms with Gasteiger partial charge in [0.2, 0.25) is 7.37 Å². The van der Waals surface area contributed by atoms with E-state index in [9.17, 15) is 9.46 Å². The molecule has 0 amide bonds. The van der Waals surface area contributed by atoms with E-state index in [1.54, 1.807) is 0 Å². The zero-order chi connectivity index (χ0) is 13.0. The molecule has 2 nitrogen and oxygen atoms in total. The normalized spacial score (nSPS) is 11.9. The highest BCUT2D eigenvalue weighted by Crippen LogP contribution is 2.42. The summed E-state index contributed by atoms with van der Waals surface area (Å²) in [5.74, 6) is 1.84. The van der Waals surface area contributed by atoms with Gasteiger partial charge < -0.3 is 4.89 Å². The molecule has 0 rings (SSSR count). The average molecular weight is 298 g/mol. The summed E-state index contributed by atoms with van der Waals surface area (Å²) in [6.45, 7) is 0. The molecule has 17 heavy (non-hydrogen) atoms. The first-order valence-electron chi connectivity index (χ1n) is 6.65. The van der Waals surface area contributed by atoms with E-state index >= 15 is 0 Å². The predicted molar refractivity (Wildman–Crippen MR) is 84.2 cm³/mol. The predicted octanol–water partition coefficient (Wildman–Crippen LogP) is 4.24. The molecule has 0 spiro atoms. The molecule has 0 radical (unpaired) electrons. The van der Waals surface area contributed by atoms with Crippen LogP contribution in [0.4, 0.5) is 0 Å². The van der Waals surface area contributed by atoms with Crippen molar-refractivity contribution in [2.75, 3.05) is 23.8 Å². The maximum atomic E-state index is 11.8. The summed E-state index contributed by atoms with van der Waals surface area (Å²) in [5, 5.41) is 0. The van der Waals surface area contributed by atoms with Gasteiger partial charge in [0.05, 0.1) is 0 Å². The second kappa shape index (κ2) is 12.0. The maximum absolute atomic E-state index is 11.8. The smallest absolute Gasteiger partial charge is 0.200 e. The molecule has 0 heterocycles. The molecule has 5 heteroatoms. The number of thiol groups is 2. The van der Waals surface area contributed by atoms with Crippen LogP contribution in [0.3, 0.4) is 0 Å². The lowest BCUT2D eigenvalue weighted by Gasteiger charge is -2.11. The van der Waals surface area contributed by atoms with E-state index in [1.807, 2.05) is 0 Å². The molecular weight excluding hydrogens is 271 g/mol. The first kappa shape index (κ1) is 17.9. The largest absolute Gasteiger partial charge is 0.344 e. The second-order valence-electron chi connectivity index (χ2n) is 4.57. The molecule has 0 aliphatic carbocycles. The molecule has 0 aliphatic heterocycles. The molecule has 0 atom stereocenters. The van der Waals surface area contributed by atoms with Gasteiger partial charge in [-0.3, -0.25) is 4.57 Å². The monoisotopic (exact) mass is 298 g/mol. The summed E-state index contributed by atoms with van der Waals surface area (Å²) in [6.07, 6.45) is 9.40. The topological polar surface area (TPSA) is 37.3 Å². The fraction of sp³-hybridized carbons (Fsp3) is 1.00. The fourth-order valence-electron chi connectivity index (χ4n) is 1.76. The number of rotatable bonds is 12. The van der Waals surface area contributed by atoms with Gasteiger partial charge in [-0.05, 0) is 37.2 Å². The van der Waals surface area contributed by atoms with Gasteiger partial charge in [0, 0.05) is 12.3 Å². The lowest BCUT2D eigenvalue weighted by Crippen LogP contribution is -1.96. The van der Waals surface area contributed by atoms with Crippen molar-refractivity contribution in [1.29, 1.82) is 0 Å². The van der Waals surface area contributed by atoms with E-state index < -0.39 is 7.37 Å². The number of hydrogen-bond acceptors (Lipinski definition) is 3. The Morgan fingerprint density at radius 1 is 0.706 bits per heavy atom. The summed E-state index contributed by atoms with van der Waals surface area (Å²) in [5.41, 5.74) is 0. The van der Waals surface area contributed by atoms with E-state index in [0.717, 1.165) is 62.9 Å². The van der Waals surface area contributed by atoms with Gasteiger partial charge in [-0.25, -0.2) is 0 Å². The Morgan fingerprint density at radius 2 is 1.06 bits per heavy atom. The van der Waals surface area contributed by atoms with Gasteiger partial charge in [0.1, 0.15) is 0 Å². The van der Waals surface area contributed by atoms with E-state index in [2.05, 4.69) is 25.3 Å². The third-order valence-electron chi connectivity index (χ3n) is 2.83. The Morgan fingerprint density at radius 3 is 1.41 bits per heavy atom. The van der Waals surface area contributed by atoms with Crippen LogP contribution >= 0.6 is 32.6 Å². The van der Waals surface area contributed by atoms with Gasteiger partial charge in [0.15, 0.2) is 0 Å². The molecule has 0 bridgehead atoms. The van der Waals surface area contributed by atoms with Crippen LogP contribution in [0, 0.1) is 0 Å². The van der Waals surface area contributed by atoms with Crippen molar-refractivity contribution in [3.63, 3.8) is 0 Å². The highest BCUT2D eigenvalue weighted by molar-refractivity contribution is 7.80. The van der Waals surface area contributed by atoms with Crippen LogP contribution in [0.15, 0.2) is 0 Å². The van der Waals surface area contributed by atoms with Gasteiger partial charge >= 0.3 is 0 Å². The fourth-order valence-corrected chi connectivity index (χ4v) is 3.87. The van der Waals surface area contributed by atoms with Gasteiger partial charge in [-0.2, -0.15) is 25.3 Å². The average Bonchev–Trinajstić information content (AvgIpc) is 2.28. The minimum absolute atomic E-state index is 0.506. The van der Waals surface area contributed by atoms with Crippen LogP contribution < -0.4 is 0 Å². The summed E-state index contributed by atoms with van der Waals surface area (Å²) in [4.78, 5) is 9.75. The van der Waals surface area contributed by atoms with Crippen molar-refractivity contribution in [2.24, 2.45) is 0 Å². The molecule has 0 aromatic carbocycles. The lowest BCUT2D eigenvalue weighted by atomic mass is 10.2. The molecular formula is C12H27O2PS2. The van der Waals surface area contributed by atoms with Gasteiger partial charge in [0.25, 0.3) is 0 Å². The van der Waals surface area contributed by atoms with E-state index in [-0.39, 0.29) is 0 Å². The van der Waals surface area contributed by atoms with Crippen LogP contribution in [0.1, 0.15) is 51.4 Å². The van der Waals surface area contributed by atoms with Crippen LogP contribution in [0.2, 0.25) is 0 Å². The van der Waals surface area contributed by atoms with Crippen LogP contribution in [0.25, 0.3) is 0 Å². The Labute approximate surface area is 117 Å². The first-order chi connectivity index (χ1) is 8.12. The molecule has 0 aliphatic rings. The molecule has 104 valence electrons. The summed E-state index contributed by atoms with van der Waals surface area (Å²) >= 11 is 8.29. The summed E-state index contributed by atoms with van der Waals surface area (Å²) < 4.78 is 11.8. The van der Waals surface area contributed by atoms with Crippen molar-refractivity contribution in [2.45, 2.75) is 51.4 Å². The molecule has 0 fully saturated rings. The van der Waals surface area contributed by atoms with Gasteiger partial charge in [-0.15, -0.1) is 0 Å². The molecule has 0 saturated heterocycles. The SMILES string of the molecule is O=P(O)(CCCCCCS)CCCCCCS. The van der Waals surface area contributed by atoms with E-state index in [0.29, 0.717) is 12.3 Å². The first-order valence-corrected chi connectivity index (χ1v) is 9.94. The molecule has 0 aromatic rings. The third-order valence-corrected chi connectivity index (χ3v) is 5.49. The highest BCUT2D eigenvalue weighted by Gasteiger charge is 2.16. The molecule has 0 unspecified atom stereocenters. The maximum Gasteiger partial charge on any atom is 0.200 e. The van der Waals surface area contributed by atoms with Crippen LogP contribution in [-0.2, 0) is 4.57 Å². The Bertz CT molecular complexity index is 195. The van der Waals surface area contributed by atoms with Crippen molar-refractivity contribution >= 4 is 32.6 Å². The van der Waals surface area contributed by atoms with E-state index in [4.69, 9.17) is 0 Å².